The Balaban J connectivity index is 3.14. The minimum absolute atomic E-state index is 0.157. The van der Waals surface area contributed by atoms with E-state index < -0.39 is 23.3 Å². The lowest BCUT2D eigenvalue weighted by Crippen LogP contribution is -2.34. The van der Waals surface area contributed by atoms with E-state index in [1.165, 1.54) is 6.92 Å². The molecule has 1 rings (SSSR count). The molecule has 0 spiro atoms. The summed E-state index contributed by atoms with van der Waals surface area (Å²) in [4.78, 5) is 35.7. The van der Waals surface area contributed by atoms with Gasteiger partial charge in [0.05, 0.1) is 6.61 Å². The van der Waals surface area contributed by atoms with Crippen LogP contribution in [0.4, 0.5) is 0 Å². The van der Waals surface area contributed by atoms with E-state index in [0.29, 0.717) is 0 Å². The van der Waals surface area contributed by atoms with Gasteiger partial charge in [0.15, 0.2) is 0 Å². The molecule has 0 bridgehead atoms. The van der Waals surface area contributed by atoms with Crippen molar-refractivity contribution in [1.29, 1.82) is 0 Å². The third kappa shape index (κ3) is 2.52. The van der Waals surface area contributed by atoms with Gasteiger partial charge in [0, 0.05) is 6.20 Å². The van der Waals surface area contributed by atoms with E-state index in [0.717, 1.165) is 10.8 Å². The highest BCUT2D eigenvalue weighted by Gasteiger charge is 2.18. The molecular formula is C9H11ClN2O4. The highest BCUT2D eigenvalue weighted by atomic mass is 35.5. The molecule has 0 amide bonds. The molecule has 1 N–H and O–H groups in total. The zero-order valence-electron chi connectivity index (χ0n) is 8.82. The molecule has 6 nitrogen and oxygen atoms in total. The van der Waals surface area contributed by atoms with Crippen molar-refractivity contribution in [3.63, 3.8) is 0 Å². The van der Waals surface area contributed by atoms with Gasteiger partial charge in [-0.2, -0.15) is 0 Å². The van der Waals surface area contributed by atoms with Crippen LogP contribution in [-0.2, 0) is 9.53 Å². The highest BCUT2D eigenvalue weighted by molar-refractivity contribution is 6.30. The van der Waals surface area contributed by atoms with E-state index in [2.05, 4.69) is 0 Å². The predicted octanol–water partition coefficient (Wildman–Crippen LogP) is 0.314. The monoisotopic (exact) mass is 246 g/mol. The molecule has 0 saturated heterocycles. The summed E-state index contributed by atoms with van der Waals surface area (Å²) < 4.78 is 5.77. The molecule has 1 aromatic rings. The number of halogens is 1. The third-order valence-corrected chi connectivity index (χ3v) is 2.24. The summed E-state index contributed by atoms with van der Waals surface area (Å²) in [6.45, 7) is 3.36. The Bertz CT molecular complexity index is 505. The first-order chi connectivity index (χ1) is 7.47. The fraction of sp³-hybridized carbons (Fsp3) is 0.444. The van der Waals surface area contributed by atoms with Gasteiger partial charge in [0.25, 0.3) is 5.56 Å². The van der Waals surface area contributed by atoms with Gasteiger partial charge >= 0.3 is 11.7 Å². The second kappa shape index (κ2) is 4.98. The molecule has 0 fully saturated rings. The Kier molecular flexibility index (Phi) is 3.89. The number of carbonyl (C=O) groups is 1. The first-order valence-corrected chi connectivity index (χ1v) is 5.02. The Morgan fingerprint density at radius 3 is 2.81 bits per heavy atom. The molecule has 16 heavy (non-hydrogen) atoms. The van der Waals surface area contributed by atoms with Gasteiger partial charge < -0.3 is 4.74 Å². The van der Waals surface area contributed by atoms with Gasteiger partial charge in [-0.25, -0.2) is 9.59 Å². The second-order valence-electron chi connectivity index (χ2n) is 3.07. The van der Waals surface area contributed by atoms with Crippen LogP contribution in [0.15, 0.2) is 15.8 Å². The Morgan fingerprint density at radius 1 is 1.62 bits per heavy atom. The summed E-state index contributed by atoms with van der Waals surface area (Å²) in [7, 11) is 0. The van der Waals surface area contributed by atoms with Crippen molar-refractivity contribution < 1.29 is 9.53 Å². The quantitative estimate of drug-likeness (QED) is 0.779. The maximum atomic E-state index is 11.4. The number of hydrogen-bond donors (Lipinski definition) is 1. The van der Waals surface area contributed by atoms with Crippen LogP contribution in [0.5, 0.6) is 0 Å². The third-order valence-electron chi connectivity index (χ3n) is 1.97. The number of aromatic amines is 1. The maximum Gasteiger partial charge on any atom is 0.329 e. The summed E-state index contributed by atoms with van der Waals surface area (Å²) in [5.74, 6) is -0.562. The topological polar surface area (TPSA) is 81.2 Å². The first kappa shape index (κ1) is 12.5. The lowest BCUT2D eigenvalue weighted by Gasteiger charge is -2.12. The van der Waals surface area contributed by atoms with Gasteiger partial charge in [-0.15, -0.1) is 0 Å². The van der Waals surface area contributed by atoms with Crippen LogP contribution in [0, 0.1) is 0 Å². The molecule has 88 valence electrons. The van der Waals surface area contributed by atoms with E-state index in [1.54, 1.807) is 6.92 Å². The molecule has 1 unspecified atom stereocenters. The van der Waals surface area contributed by atoms with Gasteiger partial charge in [-0.05, 0) is 13.8 Å². The summed E-state index contributed by atoms with van der Waals surface area (Å²) in [5.41, 5.74) is -1.38. The number of carbonyl (C=O) groups excluding carboxylic acids is 1. The Morgan fingerprint density at radius 2 is 2.25 bits per heavy atom. The number of esters is 1. The summed E-state index contributed by atoms with van der Waals surface area (Å²) in [5, 5.41) is -0.157. The fourth-order valence-electron chi connectivity index (χ4n) is 1.12. The average molecular weight is 247 g/mol. The number of H-pyrrole nitrogens is 1. The molecule has 0 radical (unpaired) electrons. The minimum atomic E-state index is -0.832. The summed E-state index contributed by atoms with van der Waals surface area (Å²) >= 11 is 5.56. The highest BCUT2D eigenvalue weighted by Crippen LogP contribution is 2.06. The van der Waals surface area contributed by atoms with Gasteiger partial charge in [0.1, 0.15) is 11.1 Å². The van der Waals surface area contributed by atoms with Gasteiger partial charge in [-0.3, -0.25) is 14.3 Å². The molecule has 0 aliphatic heterocycles. The van der Waals surface area contributed by atoms with Crippen LogP contribution >= 0.6 is 11.6 Å². The van der Waals surface area contributed by atoms with Crippen molar-refractivity contribution in [2.24, 2.45) is 0 Å². The van der Waals surface area contributed by atoms with Crippen molar-refractivity contribution in [2.45, 2.75) is 19.9 Å². The average Bonchev–Trinajstić information content (AvgIpc) is 2.23. The van der Waals surface area contributed by atoms with Crippen molar-refractivity contribution >= 4 is 17.6 Å². The molecule has 0 aliphatic carbocycles. The smallest absolute Gasteiger partial charge is 0.329 e. The zero-order valence-corrected chi connectivity index (χ0v) is 9.58. The fourth-order valence-corrected chi connectivity index (χ4v) is 1.28. The summed E-state index contributed by atoms with van der Waals surface area (Å²) in [6.07, 6.45) is 1.12. The van der Waals surface area contributed by atoms with Crippen LogP contribution < -0.4 is 11.2 Å². The number of rotatable bonds is 3. The molecule has 7 heteroatoms. The molecule has 0 aliphatic rings. The van der Waals surface area contributed by atoms with E-state index >= 15 is 0 Å². The van der Waals surface area contributed by atoms with Crippen molar-refractivity contribution in [3.8, 4) is 0 Å². The molecule has 0 aromatic carbocycles. The number of aromatic nitrogens is 2. The van der Waals surface area contributed by atoms with Crippen LogP contribution in [0.2, 0.25) is 5.02 Å². The largest absolute Gasteiger partial charge is 0.464 e. The number of ether oxygens (including phenoxy) is 1. The lowest BCUT2D eigenvalue weighted by atomic mass is 10.3. The van der Waals surface area contributed by atoms with E-state index in [1.807, 2.05) is 4.98 Å². The maximum absolute atomic E-state index is 11.4. The SMILES string of the molecule is CCOC(=O)C(C)n1cc(Cl)c(=O)[nH]c1=O. The van der Waals surface area contributed by atoms with Crippen molar-refractivity contribution in [2.75, 3.05) is 6.61 Å². The molecule has 1 aromatic heterocycles. The Labute approximate surface area is 95.8 Å². The molecular weight excluding hydrogens is 236 g/mol. The van der Waals surface area contributed by atoms with Crippen LogP contribution in [-0.4, -0.2) is 22.1 Å². The summed E-state index contributed by atoms with van der Waals surface area (Å²) in [6, 6.07) is -0.832. The minimum Gasteiger partial charge on any atom is -0.464 e. The number of nitrogens with one attached hydrogen (secondary N) is 1. The van der Waals surface area contributed by atoms with Gasteiger partial charge in [-0.1, -0.05) is 11.6 Å². The molecule has 1 heterocycles. The number of hydrogen-bond acceptors (Lipinski definition) is 4. The zero-order chi connectivity index (χ0) is 12.3. The van der Waals surface area contributed by atoms with Crippen LogP contribution in [0.25, 0.3) is 0 Å². The number of nitrogens with zero attached hydrogens (tertiary/aromatic N) is 1. The molecule has 1 atom stereocenters. The van der Waals surface area contributed by atoms with Crippen LogP contribution in [0.1, 0.15) is 19.9 Å². The van der Waals surface area contributed by atoms with E-state index in [-0.39, 0.29) is 11.6 Å². The standard InChI is InChI=1S/C9H11ClN2O4/c1-3-16-8(14)5(2)12-4-6(10)7(13)11-9(12)15/h4-5H,3H2,1-2H3,(H,11,13,15). The normalized spacial score (nSPS) is 12.2. The predicted molar refractivity (Wildman–Crippen MR) is 57.7 cm³/mol. The van der Waals surface area contributed by atoms with Crippen molar-refractivity contribution in [3.05, 3.63) is 32.1 Å². The van der Waals surface area contributed by atoms with Crippen molar-refractivity contribution in [1.82, 2.24) is 9.55 Å². The van der Waals surface area contributed by atoms with E-state index in [4.69, 9.17) is 16.3 Å². The Hall–Kier alpha value is -1.56. The van der Waals surface area contributed by atoms with Crippen LogP contribution in [0.3, 0.4) is 0 Å². The van der Waals surface area contributed by atoms with E-state index in [9.17, 15) is 14.4 Å². The first-order valence-electron chi connectivity index (χ1n) is 4.65. The molecule has 0 saturated carbocycles. The van der Waals surface area contributed by atoms with Gasteiger partial charge in [0.2, 0.25) is 0 Å². The second-order valence-corrected chi connectivity index (χ2v) is 3.48. The lowest BCUT2D eigenvalue weighted by molar-refractivity contribution is -0.146.